The van der Waals surface area contributed by atoms with E-state index in [-0.39, 0.29) is 0 Å². The fourth-order valence-electron chi connectivity index (χ4n) is 3.55. The smallest absolute Gasteiger partial charge is 0.227 e. The van der Waals surface area contributed by atoms with Crippen molar-refractivity contribution in [2.45, 2.75) is 38.1 Å². The van der Waals surface area contributed by atoms with Gasteiger partial charge in [-0.25, -0.2) is 9.97 Å². The number of nitrogens with zero attached hydrogens (tertiary/aromatic N) is 3. The summed E-state index contributed by atoms with van der Waals surface area (Å²) in [5.74, 6) is 1.92. The molecule has 1 aliphatic carbocycles. The first-order valence-corrected chi connectivity index (χ1v) is 10.3. The van der Waals surface area contributed by atoms with Crippen molar-refractivity contribution in [3.05, 3.63) is 49.1 Å². The molecule has 5 rings (SSSR count). The third-order valence-corrected chi connectivity index (χ3v) is 5.87. The summed E-state index contributed by atoms with van der Waals surface area (Å²) in [6.07, 6.45) is 13.0. The SMILES string of the molecule is c1coc(-c2cncc(Oc3ccc4nc(NC5CCCCC5)sc4c3)c2)n1. The molecule has 1 aliphatic rings. The van der Waals surface area contributed by atoms with Gasteiger partial charge in [0.25, 0.3) is 0 Å². The Morgan fingerprint density at radius 1 is 1.07 bits per heavy atom. The molecule has 142 valence electrons. The molecule has 4 aromatic rings. The number of pyridine rings is 1. The van der Waals surface area contributed by atoms with E-state index >= 15 is 0 Å². The highest BCUT2D eigenvalue weighted by Gasteiger charge is 2.15. The molecule has 1 N–H and O–H groups in total. The minimum absolute atomic E-state index is 0.522. The Labute approximate surface area is 166 Å². The van der Waals surface area contributed by atoms with Gasteiger partial charge in [0.1, 0.15) is 17.8 Å². The Morgan fingerprint density at radius 2 is 2.00 bits per heavy atom. The van der Waals surface area contributed by atoms with Crippen LogP contribution in [0.1, 0.15) is 32.1 Å². The van der Waals surface area contributed by atoms with E-state index in [1.165, 1.54) is 32.1 Å². The van der Waals surface area contributed by atoms with Crippen molar-refractivity contribution >= 4 is 26.7 Å². The van der Waals surface area contributed by atoms with E-state index in [0.717, 1.165) is 26.7 Å². The zero-order valence-corrected chi connectivity index (χ0v) is 16.1. The Hall–Kier alpha value is -2.93. The van der Waals surface area contributed by atoms with Crippen LogP contribution in [-0.2, 0) is 0 Å². The first-order chi connectivity index (χ1) is 13.8. The monoisotopic (exact) mass is 392 g/mol. The lowest BCUT2D eigenvalue weighted by atomic mass is 9.96. The average Bonchev–Trinajstić information content (AvgIpc) is 3.38. The van der Waals surface area contributed by atoms with E-state index in [2.05, 4.69) is 15.3 Å². The molecule has 1 aromatic carbocycles. The summed E-state index contributed by atoms with van der Waals surface area (Å²) in [4.78, 5) is 13.1. The van der Waals surface area contributed by atoms with Crippen LogP contribution in [0.15, 0.2) is 53.5 Å². The van der Waals surface area contributed by atoms with Crippen molar-refractivity contribution in [3.63, 3.8) is 0 Å². The van der Waals surface area contributed by atoms with E-state index in [1.54, 1.807) is 36.2 Å². The van der Waals surface area contributed by atoms with Gasteiger partial charge in [-0.05, 0) is 31.0 Å². The number of aromatic nitrogens is 3. The Kier molecular flexibility index (Phi) is 4.66. The van der Waals surface area contributed by atoms with Gasteiger partial charge >= 0.3 is 0 Å². The number of ether oxygens (including phenoxy) is 1. The van der Waals surface area contributed by atoms with Gasteiger partial charge in [-0.1, -0.05) is 30.6 Å². The quantitative estimate of drug-likeness (QED) is 0.457. The summed E-state index contributed by atoms with van der Waals surface area (Å²) in [5, 5.41) is 4.59. The molecule has 7 heteroatoms. The number of thiazole rings is 1. The molecule has 3 aromatic heterocycles. The van der Waals surface area contributed by atoms with Crippen molar-refractivity contribution < 1.29 is 9.15 Å². The second-order valence-electron chi connectivity index (χ2n) is 6.98. The topological polar surface area (TPSA) is 73.1 Å². The first-order valence-electron chi connectivity index (χ1n) is 9.53. The molecule has 0 unspecified atom stereocenters. The van der Waals surface area contributed by atoms with Crippen LogP contribution < -0.4 is 10.1 Å². The van der Waals surface area contributed by atoms with Crippen LogP contribution in [0, 0.1) is 0 Å². The number of hydrogen-bond donors (Lipinski definition) is 1. The van der Waals surface area contributed by atoms with Gasteiger partial charge in [0.15, 0.2) is 5.13 Å². The Morgan fingerprint density at radius 3 is 2.86 bits per heavy atom. The Balaban J connectivity index is 1.34. The summed E-state index contributed by atoms with van der Waals surface area (Å²) in [7, 11) is 0. The number of rotatable bonds is 5. The molecule has 1 saturated carbocycles. The van der Waals surface area contributed by atoms with Gasteiger partial charge in [-0.15, -0.1) is 0 Å². The summed E-state index contributed by atoms with van der Waals surface area (Å²) in [6.45, 7) is 0. The maximum atomic E-state index is 6.01. The molecule has 0 radical (unpaired) electrons. The first kappa shape index (κ1) is 17.2. The van der Waals surface area contributed by atoms with Gasteiger partial charge in [0, 0.05) is 18.3 Å². The van der Waals surface area contributed by atoms with Crippen LogP contribution in [0.4, 0.5) is 5.13 Å². The molecule has 1 fully saturated rings. The number of anilines is 1. The van der Waals surface area contributed by atoms with Gasteiger partial charge in [0.05, 0.1) is 28.2 Å². The van der Waals surface area contributed by atoms with Crippen molar-refractivity contribution in [1.29, 1.82) is 0 Å². The zero-order chi connectivity index (χ0) is 18.8. The number of hydrogen-bond acceptors (Lipinski definition) is 7. The van der Waals surface area contributed by atoms with Crippen LogP contribution in [0.3, 0.4) is 0 Å². The van der Waals surface area contributed by atoms with Crippen LogP contribution >= 0.6 is 11.3 Å². The molecule has 0 aliphatic heterocycles. The van der Waals surface area contributed by atoms with Crippen molar-refractivity contribution in [1.82, 2.24) is 15.0 Å². The molecule has 3 heterocycles. The number of nitrogens with one attached hydrogen (secondary N) is 1. The lowest BCUT2D eigenvalue weighted by Crippen LogP contribution is -2.21. The minimum Gasteiger partial charge on any atom is -0.456 e. The second kappa shape index (κ2) is 7.59. The van der Waals surface area contributed by atoms with Crippen molar-refractivity contribution in [3.8, 4) is 23.0 Å². The molecule has 0 atom stereocenters. The molecule has 6 nitrogen and oxygen atoms in total. The highest BCUT2D eigenvalue weighted by Crippen LogP contribution is 2.33. The maximum Gasteiger partial charge on any atom is 0.227 e. The molecule has 28 heavy (non-hydrogen) atoms. The summed E-state index contributed by atoms with van der Waals surface area (Å²) in [6, 6.07) is 8.37. The summed E-state index contributed by atoms with van der Waals surface area (Å²) in [5.41, 5.74) is 1.77. The maximum absolute atomic E-state index is 6.01. The Bertz CT molecular complexity index is 1070. The lowest BCUT2D eigenvalue weighted by Gasteiger charge is -2.22. The number of fused-ring (bicyclic) bond motifs is 1. The average molecular weight is 392 g/mol. The van der Waals surface area contributed by atoms with Crippen LogP contribution in [0.2, 0.25) is 0 Å². The normalized spacial score (nSPS) is 15.0. The van der Waals surface area contributed by atoms with Crippen LogP contribution in [0.5, 0.6) is 11.5 Å². The fourth-order valence-corrected chi connectivity index (χ4v) is 4.52. The van der Waals surface area contributed by atoms with E-state index in [9.17, 15) is 0 Å². The summed E-state index contributed by atoms with van der Waals surface area (Å²) < 4.78 is 12.4. The predicted molar refractivity (Wildman–Crippen MR) is 110 cm³/mol. The van der Waals surface area contributed by atoms with Gasteiger partial charge < -0.3 is 14.5 Å². The predicted octanol–water partition coefficient (Wildman–Crippen LogP) is 5.88. The molecule has 0 amide bonds. The molecular weight excluding hydrogens is 372 g/mol. The van der Waals surface area contributed by atoms with Crippen molar-refractivity contribution in [2.24, 2.45) is 0 Å². The third kappa shape index (κ3) is 3.71. The standard InChI is InChI=1S/C21H20N4O2S/c1-2-4-15(5-3-1)24-21-25-18-7-6-16(11-19(18)28-21)27-17-10-14(12-22-13-17)20-23-8-9-26-20/h6-13,15H,1-5H2,(H,24,25). The van der Waals surface area contributed by atoms with E-state index in [1.807, 2.05) is 24.3 Å². The third-order valence-electron chi connectivity index (χ3n) is 4.92. The molecule has 0 saturated heterocycles. The minimum atomic E-state index is 0.522. The molecule has 0 spiro atoms. The zero-order valence-electron chi connectivity index (χ0n) is 15.3. The number of benzene rings is 1. The van der Waals surface area contributed by atoms with Crippen molar-refractivity contribution in [2.75, 3.05) is 5.32 Å². The van der Waals surface area contributed by atoms with Crippen LogP contribution in [0.25, 0.3) is 21.7 Å². The summed E-state index contributed by atoms with van der Waals surface area (Å²) >= 11 is 1.67. The fraction of sp³-hybridized carbons (Fsp3) is 0.286. The largest absolute Gasteiger partial charge is 0.456 e. The van der Waals surface area contributed by atoms with E-state index < -0.39 is 0 Å². The van der Waals surface area contributed by atoms with Gasteiger partial charge in [-0.3, -0.25) is 4.98 Å². The molecular formula is C21H20N4O2S. The highest BCUT2D eigenvalue weighted by atomic mass is 32.1. The van der Waals surface area contributed by atoms with Gasteiger partial charge in [0.2, 0.25) is 5.89 Å². The van der Waals surface area contributed by atoms with E-state index in [4.69, 9.17) is 14.1 Å². The number of oxazole rings is 1. The molecule has 0 bridgehead atoms. The second-order valence-corrected chi connectivity index (χ2v) is 8.01. The lowest BCUT2D eigenvalue weighted by molar-refractivity contribution is 0.462. The van der Waals surface area contributed by atoms with Gasteiger partial charge in [-0.2, -0.15) is 0 Å². The van der Waals surface area contributed by atoms with E-state index in [0.29, 0.717) is 17.7 Å². The highest BCUT2D eigenvalue weighted by molar-refractivity contribution is 7.22. The van der Waals surface area contributed by atoms with Crippen LogP contribution in [-0.4, -0.2) is 21.0 Å².